The van der Waals surface area contributed by atoms with Gasteiger partial charge in [0.05, 0.1) is 38.7 Å². The van der Waals surface area contributed by atoms with Crippen molar-refractivity contribution in [1.29, 1.82) is 0 Å². The third-order valence-corrected chi connectivity index (χ3v) is 7.65. The molecule has 4 heterocycles. The van der Waals surface area contributed by atoms with E-state index in [0.29, 0.717) is 37.4 Å². The summed E-state index contributed by atoms with van der Waals surface area (Å²) in [5.74, 6) is 2.10. The molecule has 2 aliphatic rings. The first kappa shape index (κ1) is 27.5. The summed E-state index contributed by atoms with van der Waals surface area (Å²) < 4.78 is 18.1. The Balaban J connectivity index is 1.21. The summed E-state index contributed by atoms with van der Waals surface area (Å²) in [5.41, 5.74) is 1.97. The second kappa shape index (κ2) is 12.8. The van der Waals surface area contributed by atoms with Gasteiger partial charge < -0.3 is 30.1 Å². The molecule has 0 aliphatic carbocycles. The topological polar surface area (TPSA) is 154 Å². The molecule has 0 spiro atoms. The monoisotopic (exact) mass is 557 g/mol. The van der Waals surface area contributed by atoms with Crippen LogP contribution in [0.3, 0.4) is 0 Å². The van der Waals surface area contributed by atoms with E-state index in [4.69, 9.17) is 24.5 Å². The molecule has 0 atom stereocenters. The maximum Gasteiger partial charge on any atom is 0.327 e. The molecular formula is C25H36N9O4P. The van der Waals surface area contributed by atoms with Crippen LogP contribution in [0.5, 0.6) is 0 Å². The van der Waals surface area contributed by atoms with Crippen molar-refractivity contribution in [1.82, 2.24) is 29.9 Å². The number of anilines is 3. The Morgan fingerprint density at radius 3 is 2.56 bits per heavy atom. The predicted octanol–water partition coefficient (Wildman–Crippen LogP) is 1.77. The summed E-state index contributed by atoms with van der Waals surface area (Å²) in [7, 11) is -4.09. The molecule has 210 valence electrons. The summed E-state index contributed by atoms with van der Waals surface area (Å²) in [4.78, 5) is 32.3. The Bertz CT molecular complexity index is 1240. The Labute approximate surface area is 227 Å². The number of morpholine rings is 1. The summed E-state index contributed by atoms with van der Waals surface area (Å²) in [6, 6.07) is 12.9. The SMILES string of the molecule is O=P(O)(O)CCn1cc(CNc2nc(NC3CCN(Cc4ccccc4)CC3)cc(N3CCOCC3)n2)nn1. The summed E-state index contributed by atoms with van der Waals surface area (Å²) in [6.45, 7) is 6.30. The predicted molar refractivity (Wildman–Crippen MR) is 148 cm³/mol. The zero-order valence-electron chi connectivity index (χ0n) is 21.9. The molecule has 5 rings (SSSR count). The molecular weight excluding hydrogens is 521 g/mol. The van der Waals surface area contributed by atoms with Crippen molar-refractivity contribution in [2.75, 3.05) is 61.1 Å². The molecule has 0 amide bonds. The minimum absolute atomic E-state index is 0.0958. The van der Waals surface area contributed by atoms with E-state index in [-0.39, 0.29) is 12.7 Å². The Morgan fingerprint density at radius 2 is 1.82 bits per heavy atom. The van der Waals surface area contributed by atoms with Crippen molar-refractivity contribution < 1.29 is 19.1 Å². The van der Waals surface area contributed by atoms with E-state index in [1.165, 1.54) is 10.2 Å². The number of piperidine rings is 1. The van der Waals surface area contributed by atoms with Crippen LogP contribution in [0, 0.1) is 0 Å². The molecule has 0 radical (unpaired) electrons. The van der Waals surface area contributed by atoms with Gasteiger partial charge in [-0.25, -0.2) is 0 Å². The minimum Gasteiger partial charge on any atom is -0.378 e. The smallest absolute Gasteiger partial charge is 0.327 e. The van der Waals surface area contributed by atoms with Gasteiger partial charge in [-0.2, -0.15) is 9.97 Å². The van der Waals surface area contributed by atoms with Gasteiger partial charge in [0, 0.05) is 44.8 Å². The van der Waals surface area contributed by atoms with E-state index < -0.39 is 7.60 Å². The first-order valence-corrected chi connectivity index (χ1v) is 15.1. The van der Waals surface area contributed by atoms with E-state index in [9.17, 15) is 4.57 Å². The van der Waals surface area contributed by atoms with E-state index >= 15 is 0 Å². The molecule has 0 unspecified atom stereocenters. The number of nitrogens with one attached hydrogen (secondary N) is 2. The second-order valence-electron chi connectivity index (χ2n) is 9.93. The number of aryl methyl sites for hydroxylation is 1. The Morgan fingerprint density at radius 1 is 1.05 bits per heavy atom. The Hall–Kier alpha value is -3.09. The third-order valence-electron chi connectivity index (χ3n) is 6.87. The standard InChI is InChI=1S/C25H36N9O4P/c35-39(36,37)15-12-34-19-22(30-31-34)17-26-25-28-23(16-24(29-25)33-10-13-38-14-11-33)27-21-6-8-32(9-7-21)18-20-4-2-1-3-5-20/h1-5,16,19,21H,6-15,17-18H2,(H2,35,36,37)(H2,26,27,28,29). The van der Waals surface area contributed by atoms with Crippen LogP contribution < -0.4 is 15.5 Å². The lowest BCUT2D eigenvalue weighted by molar-refractivity contribution is 0.122. The van der Waals surface area contributed by atoms with Gasteiger partial charge in [0.2, 0.25) is 5.95 Å². The first-order valence-electron chi connectivity index (χ1n) is 13.3. The third kappa shape index (κ3) is 8.45. The van der Waals surface area contributed by atoms with Gasteiger partial charge in [-0.1, -0.05) is 35.5 Å². The van der Waals surface area contributed by atoms with Crippen LogP contribution in [-0.2, 0) is 28.9 Å². The quantitative estimate of drug-likeness (QED) is 0.254. The number of aromatic nitrogens is 5. The summed E-state index contributed by atoms with van der Waals surface area (Å²) in [6.07, 6.45) is 3.44. The van der Waals surface area contributed by atoms with Crippen molar-refractivity contribution in [3.63, 3.8) is 0 Å². The van der Waals surface area contributed by atoms with E-state index in [1.807, 2.05) is 6.07 Å². The van der Waals surface area contributed by atoms with Crippen molar-refractivity contribution in [3.8, 4) is 0 Å². The lowest BCUT2D eigenvalue weighted by Crippen LogP contribution is -2.39. The fraction of sp³-hybridized carbons (Fsp3) is 0.520. The maximum absolute atomic E-state index is 11.1. The van der Waals surface area contributed by atoms with E-state index in [2.05, 4.69) is 61.1 Å². The zero-order valence-corrected chi connectivity index (χ0v) is 22.8. The minimum atomic E-state index is -4.09. The molecule has 2 fully saturated rings. The van der Waals surface area contributed by atoms with Gasteiger partial charge in [-0.3, -0.25) is 14.1 Å². The van der Waals surface area contributed by atoms with Crippen molar-refractivity contribution in [3.05, 3.63) is 53.9 Å². The van der Waals surface area contributed by atoms with Crippen LogP contribution in [0.1, 0.15) is 24.1 Å². The molecule has 39 heavy (non-hydrogen) atoms. The van der Waals surface area contributed by atoms with Gasteiger partial charge in [-0.05, 0) is 18.4 Å². The molecule has 3 aromatic rings. The van der Waals surface area contributed by atoms with Crippen molar-refractivity contribution >= 4 is 25.2 Å². The number of hydrogen-bond donors (Lipinski definition) is 4. The number of nitrogens with zero attached hydrogens (tertiary/aromatic N) is 7. The highest BCUT2D eigenvalue weighted by molar-refractivity contribution is 7.51. The van der Waals surface area contributed by atoms with Gasteiger partial charge in [0.25, 0.3) is 0 Å². The normalized spacial score (nSPS) is 17.3. The lowest BCUT2D eigenvalue weighted by atomic mass is 10.0. The highest BCUT2D eigenvalue weighted by Crippen LogP contribution is 2.33. The fourth-order valence-electron chi connectivity index (χ4n) is 4.76. The van der Waals surface area contributed by atoms with Gasteiger partial charge in [-0.15, -0.1) is 5.10 Å². The number of benzene rings is 1. The van der Waals surface area contributed by atoms with Crippen LogP contribution in [-0.4, -0.2) is 91.2 Å². The van der Waals surface area contributed by atoms with Gasteiger partial charge in [0.1, 0.15) is 17.3 Å². The van der Waals surface area contributed by atoms with E-state index in [1.54, 1.807) is 6.20 Å². The summed E-state index contributed by atoms with van der Waals surface area (Å²) >= 11 is 0. The number of ether oxygens (including phenoxy) is 1. The van der Waals surface area contributed by atoms with Gasteiger partial charge >= 0.3 is 7.60 Å². The number of rotatable bonds is 11. The number of hydrogen-bond acceptors (Lipinski definition) is 10. The average Bonchev–Trinajstić information content (AvgIpc) is 3.41. The van der Waals surface area contributed by atoms with Gasteiger partial charge in [0.15, 0.2) is 0 Å². The molecule has 2 aromatic heterocycles. The number of likely N-dealkylation sites (tertiary alicyclic amines) is 1. The van der Waals surface area contributed by atoms with Crippen LogP contribution in [0.2, 0.25) is 0 Å². The molecule has 13 nitrogen and oxygen atoms in total. The molecule has 1 aromatic carbocycles. The zero-order chi connectivity index (χ0) is 27.1. The highest BCUT2D eigenvalue weighted by Gasteiger charge is 2.21. The van der Waals surface area contributed by atoms with Crippen molar-refractivity contribution in [2.24, 2.45) is 0 Å². The molecule has 2 aliphatic heterocycles. The summed E-state index contributed by atoms with van der Waals surface area (Å²) in [5, 5.41) is 14.9. The fourth-order valence-corrected chi connectivity index (χ4v) is 5.22. The maximum atomic E-state index is 11.1. The molecule has 0 saturated carbocycles. The molecule has 0 bridgehead atoms. The van der Waals surface area contributed by atoms with Crippen LogP contribution >= 0.6 is 7.60 Å². The van der Waals surface area contributed by atoms with Crippen LogP contribution in [0.15, 0.2) is 42.6 Å². The highest BCUT2D eigenvalue weighted by atomic mass is 31.2. The largest absolute Gasteiger partial charge is 0.378 e. The lowest BCUT2D eigenvalue weighted by Gasteiger charge is -2.33. The van der Waals surface area contributed by atoms with E-state index in [0.717, 1.165) is 57.2 Å². The molecule has 2 saturated heterocycles. The first-order chi connectivity index (χ1) is 18.9. The molecule has 4 N–H and O–H groups in total. The Kier molecular flexibility index (Phi) is 9.05. The second-order valence-corrected chi connectivity index (χ2v) is 11.7. The van der Waals surface area contributed by atoms with Crippen molar-refractivity contribution in [2.45, 2.75) is 38.5 Å². The van der Waals surface area contributed by atoms with Crippen LogP contribution in [0.4, 0.5) is 17.6 Å². The molecule has 14 heteroatoms. The average molecular weight is 558 g/mol. The van der Waals surface area contributed by atoms with Crippen LogP contribution in [0.25, 0.3) is 0 Å².